The summed E-state index contributed by atoms with van der Waals surface area (Å²) in [4.78, 5) is 0. The second-order valence-corrected chi connectivity index (χ2v) is 0.577. The van der Waals surface area contributed by atoms with Gasteiger partial charge >= 0.3 is 0 Å². The van der Waals surface area contributed by atoms with E-state index in [9.17, 15) is 0 Å². The Morgan fingerprint density at radius 1 is 1.00 bits per heavy atom. The molecular formula is B4. The van der Waals surface area contributed by atoms with Gasteiger partial charge < -0.3 is 0 Å². The van der Waals surface area contributed by atoms with Crippen LogP contribution < -0.4 is 0 Å². The number of hydrogen-bond acceptors (Lipinski definition) is 0. The van der Waals surface area contributed by atoms with Gasteiger partial charge in [-0.25, -0.2) is 0 Å². The van der Waals surface area contributed by atoms with Gasteiger partial charge in [-0.2, -0.15) is 0 Å². The van der Waals surface area contributed by atoms with Crippen molar-refractivity contribution in [2.45, 2.75) is 0 Å². The lowest BCUT2D eigenvalue weighted by Crippen LogP contribution is -2.11. The third kappa shape index (κ3) is 53.2. The molecule has 0 saturated heterocycles. The summed E-state index contributed by atoms with van der Waals surface area (Å²) in [5, 5.41) is 0. The molecule has 0 aromatic rings. The highest BCUT2D eigenvalue weighted by atomic mass is 12.5. The Bertz CT molecular complexity index is 4.75. The molecule has 0 bridgehead atoms. The topological polar surface area (TPSA) is 0 Å². The fraction of sp³-hybridized carbons (Fsp3) is 0. The highest BCUT2D eigenvalue weighted by Gasteiger charge is 1.73. The normalized spacial score (nSPS) is 6.00. The van der Waals surface area contributed by atoms with Crippen LogP contribution in [0.15, 0.2) is 0 Å². The molecule has 0 aliphatic carbocycles. The molecule has 0 aromatic carbocycles. The Kier molecular flexibility index (Phi) is 1.67. The summed E-state index contributed by atoms with van der Waals surface area (Å²) in [6.07, 6.45) is -0.667. The fourth-order valence-electron chi connectivity index (χ4n) is 0. The lowest BCUT2D eigenvalue weighted by molar-refractivity contribution is 4.02. The first-order valence-corrected chi connectivity index (χ1v) is 1.00. The molecule has 4 heteroatoms. The van der Waals surface area contributed by atoms with Gasteiger partial charge in [0, 0.05) is 29.6 Å². The summed E-state index contributed by atoms with van der Waals surface area (Å²) in [6, 6.07) is 0. The predicted octanol–water partition coefficient (Wildman–Crippen LogP) is -1.52. The first-order valence-electron chi connectivity index (χ1n) is 1.00. The van der Waals surface area contributed by atoms with Gasteiger partial charge in [-0.05, 0) is 0 Å². The molecule has 0 unspecified atom stereocenters. The minimum Gasteiger partial charge on any atom is 0 e. The van der Waals surface area contributed by atoms with Crippen molar-refractivity contribution in [1.29, 1.82) is 0 Å². The summed E-state index contributed by atoms with van der Waals surface area (Å²) < 4.78 is 0. The van der Waals surface area contributed by atoms with Gasteiger partial charge in [0.05, 0.1) is 0 Å². The zero-order chi connectivity index (χ0) is 3.58. The molecule has 0 rings (SSSR count). The number of hydrogen-bond donors (Lipinski definition) is 0. The van der Waals surface area contributed by atoms with Gasteiger partial charge in [-0.1, -0.05) is 0 Å². The van der Waals surface area contributed by atoms with E-state index < -0.39 is 6.39 Å². The first kappa shape index (κ1) is 4.26. The molecule has 0 aliphatic rings. The predicted molar refractivity (Wildman–Crippen MR) is 23.0 cm³/mol. The van der Waals surface area contributed by atoms with E-state index in [1.807, 2.05) is 0 Å². The van der Waals surface area contributed by atoms with Gasteiger partial charge in [-0.3, -0.25) is 0 Å². The van der Waals surface area contributed by atoms with Crippen LogP contribution in [0.3, 0.4) is 0 Å². The minimum atomic E-state index is -0.667. The van der Waals surface area contributed by atoms with Crippen molar-refractivity contribution in [3.63, 3.8) is 0 Å². The maximum Gasteiger partial charge on any atom is 0 e. The van der Waals surface area contributed by atoms with E-state index in [0.29, 0.717) is 0 Å². The molecule has 0 spiro atoms. The van der Waals surface area contributed by atoms with E-state index in [1.165, 1.54) is 0 Å². The summed E-state index contributed by atoms with van der Waals surface area (Å²) in [5.41, 5.74) is 0. The van der Waals surface area contributed by atoms with E-state index in [-0.39, 0.29) is 0 Å². The summed E-state index contributed by atoms with van der Waals surface area (Å²) >= 11 is 0. The highest BCUT2D eigenvalue weighted by molar-refractivity contribution is 7.49. The molecule has 0 atom stereocenters. The molecule has 0 aromatic heterocycles. The van der Waals surface area contributed by atoms with Crippen LogP contribution in [-0.2, 0) is 0 Å². The fourth-order valence-corrected chi connectivity index (χ4v) is 0. The zero-order valence-corrected chi connectivity index (χ0v) is 2.31. The quantitative estimate of drug-likeness (QED) is 0.289. The average Bonchev–Trinajstić information content (AvgIpc) is 0.811. The van der Waals surface area contributed by atoms with Gasteiger partial charge in [0.15, 0.2) is 0 Å². The number of rotatable bonds is 0. The second-order valence-electron chi connectivity index (χ2n) is 0.577. The molecule has 0 N–H and O–H groups in total. The Balaban J connectivity index is 2.32. The molecule has 0 aliphatic heterocycles. The molecule has 6 radical (unpaired) electrons. The second kappa shape index (κ2) is 1.57. The van der Waals surface area contributed by atoms with Crippen LogP contribution in [0.25, 0.3) is 0 Å². The average molecular weight is 43.2 g/mol. The van der Waals surface area contributed by atoms with Crippen LogP contribution in [-0.4, -0.2) is 29.6 Å². The standard InChI is InChI=1S/B4/c1-4(2)3. The Labute approximate surface area is 30.6 Å². The Morgan fingerprint density at radius 2 is 1.00 bits per heavy atom. The van der Waals surface area contributed by atoms with E-state index in [1.54, 1.807) is 0 Å². The van der Waals surface area contributed by atoms with E-state index >= 15 is 0 Å². The molecule has 0 saturated carbocycles. The highest BCUT2D eigenvalue weighted by Crippen LogP contribution is 1.35. The summed E-state index contributed by atoms with van der Waals surface area (Å²) in [5.74, 6) is 0. The maximum absolute atomic E-state index is 4.67. The molecular weight excluding hydrogens is 43.2 g/mol. The van der Waals surface area contributed by atoms with Crippen molar-refractivity contribution in [1.82, 2.24) is 0 Å². The van der Waals surface area contributed by atoms with Gasteiger partial charge in [0.1, 0.15) is 0 Å². The smallest absolute Gasteiger partial charge is 0 e. The molecule has 4 heavy (non-hydrogen) atoms. The third-order valence-corrected chi connectivity index (χ3v) is 0. The van der Waals surface area contributed by atoms with Gasteiger partial charge in [-0.15, -0.1) is 0 Å². The first-order chi connectivity index (χ1) is 1.73. The van der Waals surface area contributed by atoms with Gasteiger partial charge in [0.2, 0.25) is 0 Å². The van der Waals surface area contributed by atoms with Crippen LogP contribution in [0.1, 0.15) is 0 Å². The minimum absolute atomic E-state index is 0.667. The van der Waals surface area contributed by atoms with Crippen LogP contribution >= 0.6 is 0 Å². The molecule has 0 nitrogen and oxygen atoms in total. The van der Waals surface area contributed by atoms with Crippen molar-refractivity contribution in [2.75, 3.05) is 0 Å². The van der Waals surface area contributed by atoms with Crippen LogP contribution in [0, 0.1) is 0 Å². The maximum atomic E-state index is 4.67. The Morgan fingerprint density at radius 3 is 1.00 bits per heavy atom. The van der Waals surface area contributed by atoms with Crippen LogP contribution in [0.5, 0.6) is 0 Å². The van der Waals surface area contributed by atoms with Crippen molar-refractivity contribution >= 4 is 29.6 Å². The van der Waals surface area contributed by atoms with Crippen molar-refractivity contribution < 1.29 is 0 Å². The third-order valence-electron chi connectivity index (χ3n) is 0. The van der Waals surface area contributed by atoms with Crippen LogP contribution in [0.2, 0.25) is 0 Å². The lowest BCUT2D eigenvalue weighted by Gasteiger charge is -1.73. The van der Waals surface area contributed by atoms with Crippen molar-refractivity contribution in [3.8, 4) is 0 Å². The molecule has 12 valence electrons. The van der Waals surface area contributed by atoms with Crippen molar-refractivity contribution in [3.05, 3.63) is 0 Å². The lowest BCUT2D eigenvalue weighted by atomic mass is 9.08. The summed E-state index contributed by atoms with van der Waals surface area (Å²) in [6.45, 7) is 0. The molecule has 0 amide bonds. The SMILES string of the molecule is [B]B([B])[B]. The summed E-state index contributed by atoms with van der Waals surface area (Å²) in [7, 11) is 14.0. The van der Waals surface area contributed by atoms with Gasteiger partial charge in [0.25, 0.3) is 0 Å². The zero-order valence-electron chi connectivity index (χ0n) is 2.31. The molecule has 0 fully saturated rings. The van der Waals surface area contributed by atoms with E-state index in [4.69, 9.17) is 0 Å². The monoisotopic (exact) mass is 44.0 g/mol. The van der Waals surface area contributed by atoms with Crippen molar-refractivity contribution in [2.24, 2.45) is 0 Å². The van der Waals surface area contributed by atoms with E-state index in [0.717, 1.165) is 0 Å². The van der Waals surface area contributed by atoms with Crippen LogP contribution in [0.4, 0.5) is 0 Å². The van der Waals surface area contributed by atoms with E-state index in [2.05, 4.69) is 23.2 Å². The Hall–Kier alpha value is 0.260. The molecule has 0 heterocycles. The largest absolute Gasteiger partial charge is 0 e.